The monoisotopic (exact) mass is 1290 g/mol. The molecular weight excluding hydrogens is 1190 g/mol. The second kappa shape index (κ2) is 29.6. The van der Waals surface area contributed by atoms with E-state index in [0.717, 1.165) is 204 Å². The van der Waals surface area contributed by atoms with Crippen molar-refractivity contribution in [3.8, 4) is 57.8 Å². The van der Waals surface area contributed by atoms with Gasteiger partial charge in [0.2, 0.25) is 0 Å². The summed E-state index contributed by atoms with van der Waals surface area (Å²) < 4.78 is 0. The molecule has 0 saturated heterocycles. The summed E-state index contributed by atoms with van der Waals surface area (Å²) in [7, 11) is 0. The second-order valence-electron chi connectivity index (χ2n) is 27.4. The normalized spacial score (nSPS) is 12.9. The van der Waals surface area contributed by atoms with Crippen molar-refractivity contribution in [1.82, 2.24) is 39.9 Å². The zero-order valence-electron chi connectivity index (χ0n) is 61.2. The van der Waals surface area contributed by atoms with Gasteiger partial charge in [-0.3, -0.25) is 0 Å². The van der Waals surface area contributed by atoms with E-state index in [4.69, 9.17) is 19.9 Å². The number of rotatable bonds is 18. The Hall–Kier alpha value is -9.68. The average Bonchev–Trinajstić information content (AvgIpc) is 1.60. The summed E-state index contributed by atoms with van der Waals surface area (Å²) in [5.74, 6) is 18.9. The average molecular weight is 1290 g/mol. The molecule has 8 aromatic rings. The fraction of sp³-hybridized carbons (Fsp3) is 0.356. The summed E-state index contributed by atoms with van der Waals surface area (Å²) >= 11 is 0. The molecule has 12 rings (SSSR count). The van der Waals surface area contributed by atoms with Crippen LogP contribution in [0.3, 0.4) is 0 Å². The Morgan fingerprint density at radius 1 is 0.296 bits per heavy atom. The van der Waals surface area contributed by atoms with Crippen molar-refractivity contribution in [2.45, 2.75) is 214 Å². The van der Waals surface area contributed by atoms with Crippen LogP contribution in [-0.2, 0) is 25.7 Å². The second-order valence-corrected chi connectivity index (χ2v) is 27.4. The predicted octanol–water partition coefficient (Wildman–Crippen LogP) is 23.7. The fourth-order valence-corrected chi connectivity index (χ4v) is 15.5. The molecule has 2 aromatic carbocycles. The number of H-pyrrole nitrogens is 4. The SMILES string of the molecule is CCCCc1c(C)c2cc3nc(c(-c4ccc(C#CC#CC#Cc5ccc(-c6c7nc(cc8[nH]c(cc9[nH]c(cc%10nc6C(C)=C%10CC)c(C)c9CCCC)c(CCCC)c8C)C(CC)=C7C)cc5)cc4)c4nc(cc5[nH]c(cc1[nH]2)c(CCCC)c5C)C(CC)=C4C)C(C)=C3CC. The number of nitrogens with one attached hydrogen (secondary N) is 4. The van der Waals surface area contributed by atoms with E-state index in [2.05, 4.69) is 251 Å². The van der Waals surface area contributed by atoms with Gasteiger partial charge in [0, 0.05) is 66.4 Å². The molecule has 98 heavy (non-hydrogen) atoms. The van der Waals surface area contributed by atoms with Crippen molar-refractivity contribution in [2.24, 2.45) is 0 Å². The van der Waals surface area contributed by atoms with Crippen molar-refractivity contribution >= 4 is 88.7 Å². The molecular formula is C90H98N8. The Bertz CT molecular complexity index is 4630. The first-order valence-electron chi connectivity index (χ1n) is 36.6. The first-order chi connectivity index (χ1) is 47.6. The van der Waals surface area contributed by atoms with Gasteiger partial charge in [0.1, 0.15) is 0 Å². The highest BCUT2D eigenvalue weighted by Crippen LogP contribution is 2.46. The summed E-state index contributed by atoms with van der Waals surface area (Å²) in [5.41, 5.74) is 43.4. The third-order valence-corrected chi connectivity index (χ3v) is 21.3. The number of nitrogens with zero attached hydrogens (tertiary/aromatic N) is 4. The van der Waals surface area contributed by atoms with Crippen LogP contribution in [0.25, 0.3) is 111 Å². The maximum absolute atomic E-state index is 5.61. The minimum absolute atomic E-state index is 0.856. The molecule has 8 heteroatoms. The summed E-state index contributed by atoms with van der Waals surface area (Å²) in [4.78, 5) is 38.2. The molecule has 4 aliphatic heterocycles. The van der Waals surface area contributed by atoms with E-state index >= 15 is 0 Å². The Kier molecular flexibility index (Phi) is 20.6. The lowest BCUT2D eigenvalue weighted by Crippen LogP contribution is -1.93. The number of benzene rings is 2. The van der Waals surface area contributed by atoms with Crippen LogP contribution in [0.4, 0.5) is 0 Å². The Morgan fingerprint density at radius 3 is 0.765 bits per heavy atom. The maximum Gasteiger partial charge on any atom is 0.0769 e. The van der Waals surface area contributed by atoms with Gasteiger partial charge in [0.15, 0.2) is 0 Å². The highest BCUT2D eigenvalue weighted by atomic mass is 14.8. The molecule has 0 aliphatic carbocycles. The van der Waals surface area contributed by atoms with Crippen molar-refractivity contribution in [2.75, 3.05) is 0 Å². The third kappa shape index (κ3) is 13.1. The molecule has 0 amide bonds. The number of fused-ring (bicyclic) bond motifs is 16. The number of hydrogen-bond acceptors (Lipinski definition) is 4. The molecule has 6 aromatic heterocycles. The van der Waals surface area contributed by atoms with Crippen LogP contribution in [0, 0.1) is 63.2 Å². The van der Waals surface area contributed by atoms with Crippen LogP contribution in [0.5, 0.6) is 0 Å². The quantitative estimate of drug-likeness (QED) is 0.0641. The third-order valence-electron chi connectivity index (χ3n) is 21.3. The maximum atomic E-state index is 5.61. The molecule has 4 N–H and O–H groups in total. The van der Waals surface area contributed by atoms with Crippen LogP contribution in [0.1, 0.15) is 261 Å². The Balaban J connectivity index is 0.914. The first-order valence-corrected chi connectivity index (χ1v) is 36.6. The van der Waals surface area contributed by atoms with Crippen LogP contribution in [0.15, 0.2) is 84.9 Å². The van der Waals surface area contributed by atoms with E-state index in [-0.39, 0.29) is 0 Å². The fourth-order valence-electron chi connectivity index (χ4n) is 15.5. The molecule has 8 nitrogen and oxygen atoms in total. The molecule has 498 valence electrons. The topological polar surface area (TPSA) is 115 Å². The minimum Gasteiger partial charge on any atom is -0.355 e. The van der Waals surface area contributed by atoms with Gasteiger partial charge in [-0.1, -0.05) is 117 Å². The lowest BCUT2D eigenvalue weighted by molar-refractivity contribution is 0.796. The highest BCUT2D eigenvalue weighted by Gasteiger charge is 2.29. The van der Waals surface area contributed by atoms with E-state index in [9.17, 15) is 0 Å². The standard InChI is InChI=1S/C90H98N8/c1-17-25-35-69-53(9)73-47-77-65(21-5)57(13)87(95-77)85(88-58(14)66(22-6)78(96-88)48-74-54(10)70(36-26-18-2)82(92-74)51-81(69)91-73)63-43-39-61(40-44-63)33-31-29-30-32-34-62-41-45-64(46-42-62)86-89-59(15)67(23-7)79(97-89)49-75-55(11)71(37-27-19-3)83(93-75)52-84-72(38-28-20-4)56(12)76(94-84)50-80-68(24-8)60(16)90(86)98-80/h39-52,91-94H,17-28,35-38H2,1-16H3. The van der Waals surface area contributed by atoms with Crippen molar-refractivity contribution in [1.29, 1.82) is 0 Å². The Labute approximate surface area is 582 Å². The molecule has 0 fully saturated rings. The molecule has 4 aliphatic rings. The van der Waals surface area contributed by atoms with E-state index in [1.807, 2.05) is 0 Å². The van der Waals surface area contributed by atoms with E-state index in [1.165, 1.54) is 111 Å². The number of aromatic nitrogens is 8. The van der Waals surface area contributed by atoms with Crippen molar-refractivity contribution in [3.63, 3.8) is 0 Å². The summed E-state index contributed by atoms with van der Waals surface area (Å²) in [6, 6.07) is 31.0. The highest BCUT2D eigenvalue weighted by molar-refractivity contribution is 6.04. The first kappa shape index (κ1) is 68.3. The number of aromatic amines is 4. The number of hydrogen-bond donors (Lipinski definition) is 4. The molecule has 0 atom stereocenters. The zero-order valence-corrected chi connectivity index (χ0v) is 61.2. The Morgan fingerprint density at radius 2 is 0.541 bits per heavy atom. The smallest absolute Gasteiger partial charge is 0.0769 e. The lowest BCUT2D eigenvalue weighted by atomic mass is 9.93. The molecule has 0 radical (unpaired) electrons. The number of aryl methyl sites for hydroxylation is 8. The van der Waals surface area contributed by atoms with Crippen LogP contribution >= 0.6 is 0 Å². The molecule has 0 saturated carbocycles. The van der Waals surface area contributed by atoms with Gasteiger partial charge < -0.3 is 19.9 Å². The molecule has 0 unspecified atom stereocenters. The van der Waals surface area contributed by atoms with Gasteiger partial charge in [-0.25, -0.2) is 19.9 Å². The summed E-state index contributed by atoms with van der Waals surface area (Å²) in [6.07, 6.45) is 16.6. The number of allylic oxidation sites excluding steroid dienone is 8. The minimum atomic E-state index is 0.856. The largest absolute Gasteiger partial charge is 0.355 e. The number of unbranched alkanes of at least 4 members (excludes halogenated alkanes) is 4. The van der Waals surface area contributed by atoms with E-state index in [1.54, 1.807) is 0 Å². The van der Waals surface area contributed by atoms with Gasteiger partial charge in [-0.2, -0.15) is 0 Å². The molecule has 16 bridgehead atoms. The van der Waals surface area contributed by atoms with Crippen LogP contribution < -0.4 is 0 Å². The van der Waals surface area contributed by atoms with Crippen molar-refractivity contribution in [3.05, 3.63) is 186 Å². The van der Waals surface area contributed by atoms with Gasteiger partial charge in [0.25, 0.3) is 0 Å². The lowest BCUT2D eigenvalue weighted by Gasteiger charge is -2.10. The van der Waals surface area contributed by atoms with Gasteiger partial charge in [-0.05, 0) is 317 Å². The van der Waals surface area contributed by atoms with Gasteiger partial charge in [0.05, 0.1) is 45.6 Å². The predicted molar refractivity (Wildman–Crippen MR) is 419 cm³/mol. The van der Waals surface area contributed by atoms with Crippen molar-refractivity contribution < 1.29 is 0 Å². The van der Waals surface area contributed by atoms with E-state index in [0.29, 0.717) is 0 Å². The van der Waals surface area contributed by atoms with Gasteiger partial charge >= 0.3 is 0 Å². The van der Waals surface area contributed by atoms with Crippen LogP contribution in [-0.4, -0.2) is 39.9 Å². The van der Waals surface area contributed by atoms with E-state index < -0.39 is 0 Å². The van der Waals surface area contributed by atoms with Crippen LogP contribution in [0.2, 0.25) is 0 Å². The summed E-state index contributed by atoms with van der Waals surface area (Å²) in [6.45, 7) is 36.2. The molecule has 10 heterocycles. The summed E-state index contributed by atoms with van der Waals surface area (Å²) in [5, 5.41) is 0. The zero-order chi connectivity index (χ0) is 69.1. The molecule has 0 spiro atoms. The van der Waals surface area contributed by atoms with Gasteiger partial charge in [-0.15, -0.1) is 0 Å².